The molecule has 1 aromatic heterocycles. The third kappa shape index (κ3) is 2.93. The van der Waals surface area contributed by atoms with E-state index in [4.69, 9.17) is 0 Å². The number of aromatic nitrogens is 2. The van der Waals surface area contributed by atoms with Gasteiger partial charge in [0.25, 0.3) is 5.56 Å². The van der Waals surface area contributed by atoms with Gasteiger partial charge in [-0.15, -0.1) is 0 Å². The molecule has 0 radical (unpaired) electrons. The third-order valence-electron chi connectivity index (χ3n) is 2.63. The zero-order chi connectivity index (χ0) is 12.1. The molecule has 0 bridgehead atoms. The second-order valence-corrected chi connectivity index (χ2v) is 3.90. The minimum absolute atomic E-state index is 0.150. The molecule has 2 rings (SSSR count). The highest BCUT2D eigenvalue weighted by molar-refractivity contribution is 5.34. The molecule has 1 aromatic carbocycles. The first-order valence-corrected chi connectivity index (χ1v) is 5.56. The van der Waals surface area contributed by atoms with Crippen molar-refractivity contribution in [3.63, 3.8) is 0 Å². The van der Waals surface area contributed by atoms with Gasteiger partial charge in [0, 0.05) is 26.0 Å². The van der Waals surface area contributed by atoms with Crippen LogP contribution in [-0.2, 0) is 6.42 Å². The number of H-pyrrole nitrogens is 1. The van der Waals surface area contributed by atoms with Gasteiger partial charge in [0.15, 0.2) is 5.82 Å². The van der Waals surface area contributed by atoms with Gasteiger partial charge >= 0.3 is 0 Å². The Bertz CT molecular complexity index is 521. The molecule has 2 aromatic rings. The average molecular weight is 229 g/mol. The Labute approximate surface area is 99.9 Å². The Morgan fingerprint density at radius 2 is 2.06 bits per heavy atom. The molecule has 0 atom stereocenters. The largest absolute Gasteiger partial charge is 0.355 e. The van der Waals surface area contributed by atoms with Crippen LogP contribution in [0.25, 0.3) is 0 Å². The van der Waals surface area contributed by atoms with Crippen LogP contribution in [0.4, 0.5) is 5.82 Å². The van der Waals surface area contributed by atoms with Crippen LogP contribution in [0.5, 0.6) is 0 Å². The number of benzene rings is 1. The number of aromatic amines is 1. The molecule has 17 heavy (non-hydrogen) atoms. The minimum atomic E-state index is -0.150. The van der Waals surface area contributed by atoms with E-state index in [0.29, 0.717) is 5.82 Å². The number of nitrogens with zero attached hydrogens (tertiary/aromatic N) is 2. The van der Waals surface area contributed by atoms with Gasteiger partial charge in [-0.3, -0.25) is 4.79 Å². The highest BCUT2D eigenvalue weighted by Crippen LogP contribution is 2.04. The van der Waals surface area contributed by atoms with Crippen LogP contribution in [-0.4, -0.2) is 23.6 Å². The van der Waals surface area contributed by atoms with Crippen LogP contribution in [0.15, 0.2) is 47.5 Å². The van der Waals surface area contributed by atoms with Crippen LogP contribution in [0.2, 0.25) is 0 Å². The van der Waals surface area contributed by atoms with E-state index in [1.807, 2.05) is 30.1 Å². The van der Waals surface area contributed by atoms with Gasteiger partial charge in [0.2, 0.25) is 0 Å². The fourth-order valence-corrected chi connectivity index (χ4v) is 1.66. The summed E-state index contributed by atoms with van der Waals surface area (Å²) in [5, 5.41) is 0. The fraction of sp³-hybridized carbons (Fsp3) is 0.231. The zero-order valence-electron chi connectivity index (χ0n) is 9.76. The van der Waals surface area contributed by atoms with Gasteiger partial charge in [0.05, 0.1) is 0 Å². The van der Waals surface area contributed by atoms with Crippen molar-refractivity contribution in [1.82, 2.24) is 9.97 Å². The molecule has 1 N–H and O–H groups in total. The summed E-state index contributed by atoms with van der Waals surface area (Å²) >= 11 is 0. The summed E-state index contributed by atoms with van der Waals surface area (Å²) in [6, 6.07) is 10.2. The standard InChI is InChI=1S/C13H15N3O/c1-16(12-13(17)15-9-8-14-12)10-7-11-5-3-2-4-6-11/h2-6,8-9H,7,10H2,1H3,(H,15,17). The van der Waals surface area contributed by atoms with Gasteiger partial charge in [-0.05, 0) is 12.0 Å². The summed E-state index contributed by atoms with van der Waals surface area (Å²) in [6.45, 7) is 0.768. The van der Waals surface area contributed by atoms with E-state index >= 15 is 0 Å². The van der Waals surface area contributed by atoms with Crippen molar-refractivity contribution in [2.75, 3.05) is 18.5 Å². The molecule has 0 saturated carbocycles. The number of nitrogens with one attached hydrogen (secondary N) is 1. The Kier molecular flexibility index (Phi) is 3.55. The summed E-state index contributed by atoms with van der Waals surface area (Å²) in [5.74, 6) is 0.462. The van der Waals surface area contributed by atoms with E-state index in [9.17, 15) is 4.79 Å². The van der Waals surface area contributed by atoms with Crippen molar-refractivity contribution in [3.05, 3.63) is 58.6 Å². The van der Waals surface area contributed by atoms with Crippen molar-refractivity contribution in [1.29, 1.82) is 0 Å². The summed E-state index contributed by atoms with van der Waals surface area (Å²) in [5.41, 5.74) is 1.11. The highest BCUT2D eigenvalue weighted by atomic mass is 16.1. The second-order valence-electron chi connectivity index (χ2n) is 3.90. The fourth-order valence-electron chi connectivity index (χ4n) is 1.66. The maximum Gasteiger partial charge on any atom is 0.290 e. The first kappa shape index (κ1) is 11.4. The molecule has 0 spiro atoms. The molecule has 0 saturated heterocycles. The SMILES string of the molecule is CN(CCc1ccccc1)c1ncc[nH]c1=O. The molecule has 0 fully saturated rings. The monoisotopic (exact) mass is 229 g/mol. The third-order valence-corrected chi connectivity index (χ3v) is 2.63. The van der Waals surface area contributed by atoms with Gasteiger partial charge in [-0.25, -0.2) is 4.98 Å². The Hall–Kier alpha value is -2.10. The van der Waals surface area contributed by atoms with Crippen molar-refractivity contribution in [2.24, 2.45) is 0 Å². The quantitative estimate of drug-likeness (QED) is 0.863. The number of likely N-dealkylation sites (N-methyl/N-ethyl adjacent to an activating group) is 1. The number of hydrogen-bond donors (Lipinski definition) is 1. The summed E-state index contributed by atoms with van der Waals surface area (Å²) in [4.78, 5) is 20.1. The summed E-state index contributed by atoms with van der Waals surface area (Å²) in [6.07, 6.45) is 4.03. The number of rotatable bonds is 4. The van der Waals surface area contributed by atoms with Crippen LogP contribution in [0.1, 0.15) is 5.56 Å². The normalized spacial score (nSPS) is 10.2. The molecule has 1 heterocycles. The van der Waals surface area contributed by atoms with E-state index in [-0.39, 0.29) is 5.56 Å². The smallest absolute Gasteiger partial charge is 0.290 e. The maximum absolute atomic E-state index is 11.5. The van der Waals surface area contributed by atoms with E-state index in [2.05, 4.69) is 22.1 Å². The Morgan fingerprint density at radius 1 is 1.29 bits per heavy atom. The van der Waals surface area contributed by atoms with Crippen molar-refractivity contribution in [2.45, 2.75) is 6.42 Å². The molecule has 4 nitrogen and oxygen atoms in total. The molecule has 0 amide bonds. The summed E-state index contributed by atoms with van der Waals surface area (Å²) in [7, 11) is 1.88. The highest BCUT2D eigenvalue weighted by Gasteiger charge is 2.06. The van der Waals surface area contributed by atoms with Gasteiger partial charge in [0.1, 0.15) is 0 Å². The first-order valence-electron chi connectivity index (χ1n) is 5.56. The molecule has 0 aliphatic heterocycles. The second kappa shape index (κ2) is 5.30. The van der Waals surface area contributed by atoms with Crippen LogP contribution < -0.4 is 10.5 Å². The minimum Gasteiger partial charge on any atom is -0.355 e. The zero-order valence-corrected chi connectivity index (χ0v) is 9.76. The van der Waals surface area contributed by atoms with Gasteiger partial charge in [-0.1, -0.05) is 30.3 Å². The molecule has 0 unspecified atom stereocenters. The van der Waals surface area contributed by atoms with E-state index in [0.717, 1.165) is 13.0 Å². The molecular weight excluding hydrogens is 214 g/mol. The lowest BCUT2D eigenvalue weighted by Gasteiger charge is -2.16. The van der Waals surface area contributed by atoms with Crippen molar-refractivity contribution >= 4 is 5.82 Å². The predicted octanol–water partition coefficient (Wildman–Crippen LogP) is 1.45. The predicted molar refractivity (Wildman–Crippen MR) is 68.3 cm³/mol. The average Bonchev–Trinajstić information content (AvgIpc) is 2.38. The van der Waals surface area contributed by atoms with E-state index in [1.165, 1.54) is 11.8 Å². The molecular formula is C13H15N3O. The number of hydrogen-bond acceptors (Lipinski definition) is 3. The Morgan fingerprint density at radius 3 is 2.76 bits per heavy atom. The molecule has 4 heteroatoms. The lowest BCUT2D eigenvalue weighted by Crippen LogP contribution is -2.28. The van der Waals surface area contributed by atoms with E-state index in [1.54, 1.807) is 6.20 Å². The van der Waals surface area contributed by atoms with E-state index < -0.39 is 0 Å². The van der Waals surface area contributed by atoms with Crippen LogP contribution in [0, 0.1) is 0 Å². The summed E-state index contributed by atoms with van der Waals surface area (Å²) < 4.78 is 0. The van der Waals surface area contributed by atoms with Crippen LogP contribution >= 0.6 is 0 Å². The first-order chi connectivity index (χ1) is 8.27. The maximum atomic E-state index is 11.5. The molecule has 0 aliphatic carbocycles. The van der Waals surface area contributed by atoms with Gasteiger partial charge < -0.3 is 9.88 Å². The Balaban J connectivity index is 2.01. The topological polar surface area (TPSA) is 49.0 Å². The number of anilines is 1. The van der Waals surface area contributed by atoms with Gasteiger partial charge in [-0.2, -0.15) is 0 Å². The van der Waals surface area contributed by atoms with Crippen molar-refractivity contribution < 1.29 is 0 Å². The lowest BCUT2D eigenvalue weighted by atomic mass is 10.1. The van der Waals surface area contributed by atoms with Crippen molar-refractivity contribution in [3.8, 4) is 0 Å². The lowest BCUT2D eigenvalue weighted by molar-refractivity contribution is 0.847. The molecule has 88 valence electrons. The molecule has 0 aliphatic rings. The van der Waals surface area contributed by atoms with Crippen LogP contribution in [0.3, 0.4) is 0 Å².